The van der Waals surface area contributed by atoms with Gasteiger partial charge in [0.05, 0.1) is 6.54 Å². The maximum absolute atomic E-state index is 12.6. The van der Waals surface area contributed by atoms with E-state index in [4.69, 9.17) is 4.84 Å². The minimum absolute atomic E-state index is 0.120. The molecule has 9 heteroatoms. The number of pyridine rings is 1. The Morgan fingerprint density at radius 2 is 2.11 bits per heavy atom. The summed E-state index contributed by atoms with van der Waals surface area (Å²) in [5, 5.41) is 13.4. The average molecular weight is 368 g/mol. The molecule has 1 atom stereocenters. The van der Waals surface area contributed by atoms with Gasteiger partial charge in [-0.15, -0.1) is 0 Å². The Morgan fingerprint density at radius 3 is 2.89 bits per heavy atom. The lowest BCUT2D eigenvalue weighted by Crippen LogP contribution is -2.51. The molecule has 2 amide bonds. The van der Waals surface area contributed by atoms with Crippen LogP contribution in [0.15, 0.2) is 41.9 Å². The summed E-state index contributed by atoms with van der Waals surface area (Å²) in [6, 6.07) is 5.33. The van der Waals surface area contributed by atoms with Crippen LogP contribution in [-0.4, -0.2) is 56.3 Å². The van der Waals surface area contributed by atoms with Crippen molar-refractivity contribution < 1.29 is 14.4 Å². The second-order valence-electron chi connectivity index (χ2n) is 6.83. The van der Waals surface area contributed by atoms with E-state index in [-0.39, 0.29) is 11.8 Å². The maximum Gasteiger partial charge on any atom is 0.271 e. The molecule has 0 bridgehead atoms. The Labute approximate surface area is 155 Å². The highest BCUT2D eigenvalue weighted by Crippen LogP contribution is 2.33. The summed E-state index contributed by atoms with van der Waals surface area (Å²) < 4.78 is 0. The molecule has 0 aromatic carbocycles. The van der Waals surface area contributed by atoms with Crippen molar-refractivity contribution >= 4 is 17.5 Å². The minimum Gasteiger partial charge on any atom is -0.386 e. The lowest BCUT2D eigenvalue weighted by Gasteiger charge is -2.37. The number of amides is 2. The van der Waals surface area contributed by atoms with Crippen LogP contribution in [0.2, 0.25) is 0 Å². The minimum atomic E-state index is -0.628. The van der Waals surface area contributed by atoms with Crippen molar-refractivity contribution in [2.45, 2.75) is 31.4 Å². The molecule has 2 aromatic heterocycles. The molecule has 4 heterocycles. The highest BCUT2D eigenvalue weighted by molar-refractivity contribution is 6.39. The van der Waals surface area contributed by atoms with Gasteiger partial charge in [0, 0.05) is 38.1 Å². The van der Waals surface area contributed by atoms with Crippen LogP contribution in [-0.2, 0) is 16.2 Å². The molecule has 140 valence electrons. The standard InChI is InChI=1S/C18H20N6O3/c25-16(20-11-13-2-6-19-7-3-13)15-10-18(27-23-15)5-1-9-24(12-18)17(26)14-4-8-21-22-14/h2-4,6-8H,1,5,9-12H2,(H,20,25)(H,21,22). The predicted molar refractivity (Wildman–Crippen MR) is 95.7 cm³/mol. The Bertz CT molecular complexity index is 851. The van der Waals surface area contributed by atoms with E-state index in [1.807, 2.05) is 12.1 Å². The first-order chi connectivity index (χ1) is 13.2. The molecule has 2 N–H and O–H groups in total. The highest BCUT2D eigenvalue weighted by atomic mass is 16.7. The molecular weight excluding hydrogens is 348 g/mol. The van der Waals surface area contributed by atoms with Gasteiger partial charge in [-0.1, -0.05) is 5.16 Å². The van der Waals surface area contributed by atoms with Gasteiger partial charge in [-0.05, 0) is 36.6 Å². The van der Waals surface area contributed by atoms with Gasteiger partial charge in [-0.25, -0.2) is 0 Å². The molecule has 2 aromatic rings. The van der Waals surface area contributed by atoms with Crippen molar-refractivity contribution in [1.29, 1.82) is 0 Å². The monoisotopic (exact) mass is 368 g/mol. The van der Waals surface area contributed by atoms with Crippen molar-refractivity contribution in [2.24, 2.45) is 5.16 Å². The molecule has 0 radical (unpaired) electrons. The molecule has 1 spiro atoms. The number of nitrogens with one attached hydrogen (secondary N) is 2. The first-order valence-corrected chi connectivity index (χ1v) is 8.86. The zero-order valence-corrected chi connectivity index (χ0v) is 14.7. The summed E-state index contributed by atoms with van der Waals surface area (Å²) >= 11 is 0. The number of oxime groups is 1. The maximum atomic E-state index is 12.6. The number of hydrogen-bond donors (Lipinski definition) is 2. The number of hydrogen-bond acceptors (Lipinski definition) is 6. The number of H-pyrrole nitrogens is 1. The van der Waals surface area contributed by atoms with Gasteiger partial charge >= 0.3 is 0 Å². The van der Waals surface area contributed by atoms with E-state index >= 15 is 0 Å². The Morgan fingerprint density at radius 1 is 1.26 bits per heavy atom. The molecule has 1 saturated heterocycles. The van der Waals surface area contributed by atoms with Crippen LogP contribution in [0.4, 0.5) is 0 Å². The second kappa shape index (κ2) is 7.18. The van der Waals surface area contributed by atoms with Gasteiger partial charge in [0.1, 0.15) is 11.4 Å². The highest BCUT2D eigenvalue weighted by Gasteiger charge is 2.45. The van der Waals surface area contributed by atoms with Crippen LogP contribution in [0.5, 0.6) is 0 Å². The molecule has 2 aliphatic heterocycles. The molecule has 0 aliphatic carbocycles. The fourth-order valence-corrected chi connectivity index (χ4v) is 3.46. The van der Waals surface area contributed by atoms with Crippen LogP contribution >= 0.6 is 0 Å². The van der Waals surface area contributed by atoms with Gasteiger partial charge in [0.2, 0.25) is 0 Å². The number of carbonyl (C=O) groups is 2. The summed E-state index contributed by atoms with van der Waals surface area (Å²) in [6.07, 6.45) is 6.85. The lowest BCUT2D eigenvalue weighted by atomic mass is 9.88. The van der Waals surface area contributed by atoms with E-state index in [1.54, 1.807) is 29.6 Å². The van der Waals surface area contributed by atoms with E-state index < -0.39 is 5.60 Å². The van der Waals surface area contributed by atoms with Crippen LogP contribution in [0.25, 0.3) is 0 Å². The van der Waals surface area contributed by atoms with E-state index in [0.717, 1.165) is 18.4 Å². The fraction of sp³-hybridized carbons (Fsp3) is 0.389. The van der Waals surface area contributed by atoms with Crippen LogP contribution < -0.4 is 5.32 Å². The topological polar surface area (TPSA) is 113 Å². The van der Waals surface area contributed by atoms with Gasteiger partial charge < -0.3 is 15.1 Å². The van der Waals surface area contributed by atoms with Gasteiger partial charge in [0.25, 0.3) is 11.8 Å². The summed E-state index contributed by atoms with van der Waals surface area (Å²) in [6.45, 7) is 1.44. The number of aromatic nitrogens is 3. The third kappa shape index (κ3) is 3.67. The number of aromatic amines is 1. The van der Waals surface area contributed by atoms with Crippen LogP contribution in [0, 0.1) is 0 Å². The SMILES string of the molecule is O=C(NCc1ccncc1)C1=NOC2(CCCN(C(=O)c3ccn[nH]3)C2)C1. The van der Waals surface area contributed by atoms with Crippen LogP contribution in [0.3, 0.4) is 0 Å². The number of likely N-dealkylation sites (tertiary alicyclic amines) is 1. The number of rotatable bonds is 4. The quantitative estimate of drug-likeness (QED) is 0.832. The van der Waals surface area contributed by atoms with E-state index in [1.165, 1.54) is 0 Å². The van der Waals surface area contributed by atoms with Gasteiger partial charge in [-0.2, -0.15) is 5.10 Å². The lowest BCUT2D eigenvalue weighted by molar-refractivity contribution is -0.115. The molecular formula is C18H20N6O3. The van der Waals surface area contributed by atoms with Gasteiger partial charge in [0.15, 0.2) is 5.60 Å². The summed E-state index contributed by atoms with van der Waals surface area (Å²) in [5.74, 6) is -0.369. The van der Waals surface area contributed by atoms with Gasteiger partial charge in [-0.3, -0.25) is 19.7 Å². The third-order valence-electron chi connectivity index (χ3n) is 4.86. The van der Waals surface area contributed by atoms with Crippen molar-refractivity contribution in [3.63, 3.8) is 0 Å². The van der Waals surface area contributed by atoms with Crippen LogP contribution in [0.1, 0.15) is 35.3 Å². The normalized spacial score (nSPS) is 21.6. The zero-order chi connectivity index (χ0) is 18.7. The number of carbonyl (C=O) groups excluding carboxylic acids is 2. The molecule has 1 unspecified atom stereocenters. The first kappa shape index (κ1) is 17.2. The largest absolute Gasteiger partial charge is 0.386 e. The zero-order valence-electron chi connectivity index (χ0n) is 14.7. The summed E-state index contributed by atoms with van der Waals surface area (Å²) in [7, 11) is 0. The third-order valence-corrected chi connectivity index (χ3v) is 4.86. The summed E-state index contributed by atoms with van der Waals surface area (Å²) in [5.41, 5.74) is 1.14. The Hall–Kier alpha value is -3.23. The van der Waals surface area contributed by atoms with E-state index in [2.05, 4.69) is 25.7 Å². The van der Waals surface area contributed by atoms with Crippen molar-refractivity contribution in [3.05, 3.63) is 48.0 Å². The molecule has 9 nitrogen and oxygen atoms in total. The Kier molecular flexibility index (Phi) is 4.57. The Balaban J connectivity index is 1.35. The van der Waals surface area contributed by atoms with Crippen molar-refractivity contribution in [3.8, 4) is 0 Å². The fourth-order valence-electron chi connectivity index (χ4n) is 3.46. The number of nitrogens with zero attached hydrogens (tertiary/aromatic N) is 4. The van der Waals surface area contributed by atoms with Crippen molar-refractivity contribution in [1.82, 2.24) is 25.4 Å². The molecule has 0 saturated carbocycles. The van der Waals surface area contributed by atoms with E-state index in [0.29, 0.717) is 37.5 Å². The second-order valence-corrected chi connectivity index (χ2v) is 6.83. The molecule has 27 heavy (non-hydrogen) atoms. The molecule has 2 aliphatic rings. The predicted octanol–water partition coefficient (Wildman–Crippen LogP) is 0.872. The smallest absolute Gasteiger partial charge is 0.271 e. The van der Waals surface area contributed by atoms with E-state index in [9.17, 15) is 9.59 Å². The molecule has 1 fully saturated rings. The van der Waals surface area contributed by atoms with Crippen molar-refractivity contribution in [2.75, 3.05) is 13.1 Å². The molecule has 4 rings (SSSR count). The number of piperidine rings is 1. The summed E-state index contributed by atoms with van der Waals surface area (Å²) in [4.78, 5) is 36.3. The average Bonchev–Trinajstić information content (AvgIpc) is 3.37. The first-order valence-electron chi connectivity index (χ1n) is 8.86.